The first-order valence-corrected chi connectivity index (χ1v) is 13.0. The third-order valence-electron chi connectivity index (χ3n) is 6.38. The Hall–Kier alpha value is -2.86. The fourth-order valence-corrected chi connectivity index (χ4v) is 4.75. The Morgan fingerprint density at radius 3 is 1.86 bits per heavy atom. The molecule has 0 spiro atoms. The summed E-state index contributed by atoms with van der Waals surface area (Å²) < 4.78 is 11.6. The third kappa shape index (κ3) is 6.92. The quantitative estimate of drug-likeness (QED) is 0.191. The van der Waals surface area contributed by atoms with Crippen LogP contribution in [0, 0.1) is 0 Å². The highest BCUT2D eigenvalue weighted by atomic mass is 35.5. The Bertz CT molecular complexity index is 1230. The molecule has 4 aromatic rings. The third-order valence-corrected chi connectivity index (χ3v) is 6.89. The van der Waals surface area contributed by atoms with Crippen LogP contribution in [0.1, 0.15) is 34.6 Å². The van der Waals surface area contributed by atoms with Crippen LogP contribution >= 0.6 is 23.2 Å². The van der Waals surface area contributed by atoms with E-state index in [4.69, 9.17) is 32.7 Å². The molecule has 0 heterocycles. The molecular formula is C31H30Cl2O4. The Labute approximate surface area is 228 Å². The lowest BCUT2D eigenvalue weighted by atomic mass is 9.71. The summed E-state index contributed by atoms with van der Waals surface area (Å²) in [5, 5.41) is 23.5. The molecule has 0 saturated carbocycles. The minimum atomic E-state index is -1.43. The Morgan fingerprint density at radius 2 is 1.27 bits per heavy atom. The zero-order chi connectivity index (χ0) is 26.1. The number of ether oxygens (including phenoxy) is 2. The first kappa shape index (κ1) is 27.2. The largest absolute Gasteiger partial charge is 0.491 e. The number of benzene rings is 4. The number of halogens is 2. The maximum Gasteiger partial charge on any atom is 0.121 e. The highest BCUT2D eigenvalue weighted by molar-refractivity contribution is 6.30. The number of aliphatic hydroxyl groups excluding tert-OH is 1. The SMILES string of the molecule is OCCC(c1ccc(Cl)cc1)C(O)(c1ccc(Cl)cc1)c1ccc(OCCOCc2ccccc2)cc1. The van der Waals surface area contributed by atoms with Gasteiger partial charge in [-0.15, -0.1) is 0 Å². The highest BCUT2D eigenvalue weighted by Crippen LogP contribution is 2.45. The van der Waals surface area contributed by atoms with E-state index in [1.807, 2.05) is 78.9 Å². The van der Waals surface area contributed by atoms with Crippen molar-refractivity contribution in [3.8, 4) is 5.75 Å². The van der Waals surface area contributed by atoms with Crippen molar-refractivity contribution in [2.75, 3.05) is 19.8 Å². The van der Waals surface area contributed by atoms with E-state index >= 15 is 0 Å². The summed E-state index contributed by atoms with van der Waals surface area (Å²) in [6.07, 6.45) is 0.345. The second-order valence-electron chi connectivity index (χ2n) is 8.80. The maximum atomic E-state index is 12.4. The summed E-state index contributed by atoms with van der Waals surface area (Å²) in [6.45, 7) is 1.31. The van der Waals surface area contributed by atoms with Gasteiger partial charge in [0.05, 0.1) is 13.2 Å². The molecule has 0 aliphatic rings. The van der Waals surface area contributed by atoms with Crippen LogP contribution in [-0.2, 0) is 16.9 Å². The number of rotatable bonds is 12. The monoisotopic (exact) mass is 536 g/mol. The molecule has 4 aromatic carbocycles. The lowest BCUT2D eigenvalue weighted by molar-refractivity contribution is 0.0392. The molecule has 2 unspecified atom stereocenters. The zero-order valence-corrected chi connectivity index (χ0v) is 21.9. The summed E-state index contributed by atoms with van der Waals surface area (Å²) in [4.78, 5) is 0. The molecule has 0 radical (unpaired) electrons. The van der Waals surface area contributed by atoms with Crippen LogP contribution in [-0.4, -0.2) is 30.0 Å². The molecule has 192 valence electrons. The van der Waals surface area contributed by atoms with E-state index in [1.165, 1.54) is 0 Å². The van der Waals surface area contributed by atoms with E-state index in [-0.39, 0.29) is 6.61 Å². The fraction of sp³-hybridized carbons (Fsp3) is 0.226. The van der Waals surface area contributed by atoms with E-state index in [0.717, 1.165) is 11.1 Å². The highest BCUT2D eigenvalue weighted by Gasteiger charge is 2.41. The molecule has 2 atom stereocenters. The number of hydrogen-bond donors (Lipinski definition) is 2. The van der Waals surface area contributed by atoms with Gasteiger partial charge in [0.15, 0.2) is 0 Å². The van der Waals surface area contributed by atoms with Crippen molar-refractivity contribution < 1.29 is 19.7 Å². The Balaban J connectivity index is 1.54. The van der Waals surface area contributed by atoms with Gasteiger partial charge in [-0.25, -0.2) is 0 Å². The van der Waals surface area contributed by atoms with Gasteiger partial charge in [-0.05, 0) is 65.1 Å². The average Bonchev–Trinajstić information content (AvgIpc) is 2.93. The van der Waals surface area contributed by atoms with Crippen LogP contribution in [0.3, 0.4) is 0 Å². The molecule has 0 aromatic heterocycles. The first-order valence-electron chi connectivity index (χ1n) is 12.2. The van der Waals surface area contributed by atoms with Gasteiger partial charge in [-0.2, -0.15) is 0 Å². The lowest BCUT2D eigenvalue weighted by Gasteiger charge is -2.38. The maximum absolute atomic E-state index is 12.4. The molecule has 0 aliphatic heterocycles. The van der Waals surface area contributed by atoms with Gasteiger partial charge in [0, 0.05) is 22.6 Å². The van der Waals surface area contributed by atoms with Crippen LogP contribution in [0.25, 0.3) is 0 Å². The van der Waals surface area contributed by atoms with Crippen molar-refractivity contribution in [1.29, 1.82) is 0 Å². The molecule has 6 heteroatoms. The molecule has 0 amide bonds. The number of aliphatic hydroxyl groups is 2. The predicted octanol–water partition coefficient (Wildman–Crippen LogP) is 6.99. The average molecular weight is 537 g/mol. The summed E-state index contributed by atoms with van der Waals surface area (Å²) in [5.41, 5.74) is 1.90. The summed E-state index contributed by atoms with van der Waals surface area (Å²) in [7, 11) is 0. The van der Waals surface area contributed by atoms with Crippen LogP contribution in [0.2, 0.25) is 10.0 Å². The van der Waals surface area contributed by atoms with Crippen LogP contribution in [0.5, 0.6) is 5.75 Å². The number of hydrogen-bond acceptors (Lipinski definition) is 4. The molecule has 37 heavy (non-hydrogen) atoms. The topological polar surface area (TPSA) is 58.9 Å². The Kier molecular flexibility index (Phi) is 9.62. The first-order chi connectivity index (χ1) is 18.0. The smallest absolute Gasteiger partial charge is 0.121 e. The summed E-state index contributed by atoms with van der Waals surface area (Å²) in [5.74, 6) is 0.241. The second-order valence-corrected chi connectivity index (χ2v) is 9.67. The van der Waals surface area contributed by atoms with Gasteiger partial charge in [0.25, 0.3) is 0 Å². The van der Waals surface area contributed by atoms with Crippen molar-refractivity contribution in [3.63, 3.8) is 0 Å². The standard InChI is InChI=1S/C31H30Cl2O4/c32-27-12-6-24(7-13-27)30(18-19-34)31(35,25-8-14-28(33)15-9-25)26-10-16-29(17-11-26)37-21-20-36-22-23-4-2-1-3-5-23/h1-17,30,34-35H,18-22H2. The molecule has 0 fully saturated rings. The predicted molar refractivity (Wildman–Crippen MR) is 148 cm³/mol. The van der Waals surface area contributed by atoms with Crippen molar-refractivity contribution in [2.45, 2.75) is 24.5 Å². The minimum Gasteiger partial charge on any atom is -0.491 e. The van der Waals surface area contributed by atoms with Crippen LogP contribution in [0.4, 0.5) is 0 Å². The zero-order valence-electron chi connectivity index (χ0n) is 20.4. The van der Waals surface area contributed by atoms with E-state index in [1.54, 1.807) is 24.3 Å². The van der Waals surface area contributed by atoms with Crippen molar-refractivity contribution in [3.05, 3.63) is 135 Å². The molecule has 0 aliphatic carbocycles. The van der Waals surface area contributed by atoms with Crippen molar-refractivity contribution in [2.24, 2.45) is 0 Å². The normalized spacial score (nSPS) is 13.6. The second kappa shape index (κ2) is 13.1. The molecule has 0 bridgehead atoms. The van der Waals surface area contributed by atoms with E-state index < -0.39 is 11.5 Å². The molecule has 0 saturated heterocycles. The summed E-state index contributed by atoms with van der Waals surface area (Å²) in [6, 6.07) is 31.9. The lowest BCUT2D eigenvalue weighted by Crippen LogP contribution is -2.35. The van der Waals surface area contributed by atoms with Gasteiger partial charge in [-0.3, -0.25) is 0 Å². The van der Waals surface area contributed by atoms with E-state index in [0.29, 0.717) is 53.2 Å². The van der Waals surface area contributed by atoms with E-state index in [9.17, 15) is 10.2 Å². The van der Waals surface area contributed by atoms with Crippen molar-refractivity contribution >= 4 is 23.2 Å². The van der Waals surface area contributed by atoms with Gasteiger partial charge in [0.2, 0.25) is 0 Å². The fourth-order valence-electron chi connectivity index (χ4n) is 4.50. The van der Waals surface area contributed by atoms with E-state index in [2.05, 4.69) is 0 Å². The van der Waals surface area contributed by atoms with Gasteiger partial charge >= 0.3 is 0 Å². The minimum absolute atomic E-state index is 0.0899. The molecule has 4 rings (SSSR count). The molecule has 2 N–H and O–H groups in total. The van der Waals surface area contributed by atoms with Gasteiger partial charge < -0.3 is 19.7 Å². The van der Waals surface area contributed by atoms with Gasteiger partial charge in [0.1, 0.15) is 18.0 Å². The van der Waals surface area contributed by atoms with Gasteiger partial charge in [-0.1, -0.05) is 89.9 Å². The molecule has 4 nitrogen and oxygen atoms in total. The molecular weight excluding hydrogens is 507 g/mol. The van der Waals surface area contributed by atoms with Crippen LogP contribution in [0.15, 0.2) is 103 Å². The Morgan fingerprint density at radius 1 is 0.703 bits per heavy atom. The summed E-state index contributed by atoms with van der Waals surface area (Å²) >= 11 is 12.3. The van der Waals surface area contributed by atoms with Crippen LogP contribution < -0.4 is 4.74 Å². The van der Waals surface area contributed by atoms with Crippen molar-refractivity contribution in [1.82, 2.24) is 0 Å².